The fraction of sp³-hybridized carbons (Fsp3) is 0.900. The largest absolute Gasteiger partial charge is 0.353 e. The minimum absolute atomic E-state index is 0.132. The monoisotopic (exact) mass is 518 g/mol. The van der Waals surface area contributed by atoms with Gasteiger partial charge in [0.1, 0.15) is 5.78 Å². The molecule has 37 heavy (non-hydrogen) atoms. The molecule has 7 heteroatoms. The first kappa shape index (κ1) is 28.5. The molecule has 4 fully saturated rings. The van der Waals surface area contributed by atoms with Crippen molar-refractivity contribution in [2.45, 2.75) is 109 Å². The van der Waals surface area contributed by atoms with Crippen molar-refractivity contribution in [1.29, 1.82) is 0 Å². The predicted molar refractivity (Wildman–Crippen MR) is 145 cm³/mol. The quantitative estimate of drug-likeness (QED) is 0.366. The van der Waals surface area contributed by atoms with Crippen LogP contribution in [0.15, 0.2) is 0 Å². The number of nitrogens with one attached hydrogen (secondary N) is 4. The van der Waals surface area contributed by atoms with E-state index >= 15 is 0 Å². The number of Topliss-reactive ketones (excluding diaryl/α,β-unsaturated/α-hetero) is 1. The van der Waals surface area contributed by atoms with E-state index in [0.29, 0.717) is 24.2 Å². The maximum Gasteiger partial charge on any atom is 0.229 e. The van der Waals surface area contributed by atoms with Crippen LogP contribution in [0.2, 0.25) is 0 Å². The van der Waals surface area contributed by atoms with Crippen LogP contribution in [-0.4, -0.2) is 68.9 Å². The van der Waals surface area contributed by atoms with Crippen LogP contribution in [-0.2, 0) is 14.4 Å². The van der Waals surface area contributed by atoms with Gasteiger partial charge in [0.2, 0.25) is 11.8 Å². The summed E-state index contributed by atoms with van der Waals surface area (Å²) in [5.41, 5.74) is 0. The number of rotatable bonds is 9. The Morgan fingerprint density at radius 1 is 0.622 bits per heavy atom. The van der Waals surface area contributed by atoms with E-state index in [1.54, 1.807) is 9.80 Å². The molecule has 0 aromatic carbocycles. The summed E-state index contributed by atoms with van der Waals surface area (Å²) in [6.07, 6.45) is 12.7. The minimum Gasteiger partial charge on any atom is -0.353 e. The average molecular weight is 519 g/mol. The first-order valence-corrected chi connectivity index (χ1v) is 15.8. The summed E-state index contributed by atoms with van der Waals surface area (Å²) in [5.74, 6) is 1.83. The molecule has 210 valence electrons. The molecule has 2 heterocycles. The van der Waals surface area contributed by atoms with E-state index < -0.39 is 0 Å². The molecular formula is C30H54N4O3+2. The van der Waals surface area contributed by atoms with Gasteiger partial charge < -0.3 is 20.4 Å². The van der Waals surface area contributed by atoms with Gasteiger partial charge in [0.25, 0.3) is 0 Å². The first-order chi connectivity index (χ1) is 17.9. The molecule has 7 nitrogen and oxygen atoms in total. The van der Waals surface area contributed by atoms with Crippen LogP contribution >= 0.6 is 0 Å². The van der Waals surface area contributed by atoms with Gasteiger partial charge >= 0.3 is 0 Å². The van der Waals surface area contributed by atoms with Crippen molar-refractivity contribution in [1.82, 2.24) is 10.6 Å². The van der Waals surface area contributed by atoms with Gasteiger partial charge in [0, 0.05) is 24.3 Å². The van der Waals surface area contributed by atoms with Crippen molar-refractivity contribution < 1.29 is 24.2 Å². The lowest BCUT2D eigenvalue weighted by Gasteiger charge is -2.33. The summed E-state index contributed by atoms with van der Waals surface area (Å²) in [6.45, 7) is 11.1. The summed E-state index contributed by atoms with van der Waals surface area (Å²) in [6, 6.07) is 0.581. The second-order valence-electron chi connectivity index (χ2n) is 12.7. The summed E-state index contributed by atoms with van der Waals surface area (Å²) in [5, 5.41) is 6.67. The summed E-state index contributed by atoms with van der Waals surface area (Å²) < 4.78 is 0. The van der Waals surface area contributed by atoms with Crippen LogP contribution in [0.5, 0.6) is 0 Å². The minimum atomic E-state index is 0.132. The van der Waals surface area contributed by atoms with E-state index in [0.717, 1.165) is 96.8 Å². The lowest BCUT2D eigenvalue weighted by atomic mass is 9.76. The van der Waals surface area contributed by atoms with E-state index in [1.807, 2.05) is 0 Å². The van der Waals surface area contributed by atoms with Gasteiger partial charge in [0.15, 0.2) is 0 Å². The van der Waals surface area contributed by atoms with Gasteiger partial charge in [-0.15, -0.1) is 0 Å². The maximum atomic E-state index is 13.1. The normalized spacial score (nSPS) is 36.9. The van der Waals surface area contributed by atoms with E-state index in [4.69, 9.17) is 0 Å². The summed E-state index contributed by atoms with van der Waals surface area (Å²) >= 11 is 0. The maximum absolute atomic E-state index is 13.1. The van der Waals surface area contributed by atoms with Crippen molar-refractivity contribution in [3.8, 4) is 0 Å². The number of carbonyl (C=O) groups excluding carboxylic acids is 3. The van der Waals surface area contributed by atoms with Gasteiger partial charge in [0.05, 0.1) is 51.2 Å². The highest BCUT2D eigenvalue weighted by Crippen LogP contribution is 2.34. The van der Waals surface area contributed by atoms with Crippen molar-refractivity contribution in [3.63, 3.8) is 0 Å². The van der Waals surface area contributed by atoms with Crippen LogP contribution in [0.3, 0.4) is 0 Å². The molecule has 2 aliphatic carbocycles. The molecular weight excluding hydrogens is 464 g/mol. The third-order valence-electron chi connectivity index (χ3n) is 10.2. The third kappa shape index (κ3) is 8.26. The fourth-order valence-corrected chi connectivity index (χ4v) is 7.57. The molecule has 0 radical (unpaired) electrons. The molecule has 4 aliphatic rings. The molecule has 4 atom stereocenters. The molecule has 0 bridgehead atoms. The number of hydrogen-bond acceptors (Lipinski definition) is 3. The Morgan fingerprint density at radius 3 is 1.86 bits per heavy atom. The molecule has 0 aromatic heterocycles. The van der Waals surface area contributed by atoms with Crippen molar-refractivity contribution in [2.75, 3.05) is 39.3 Å². The Labute approximate surface area is 224 Å². The number of quaternary nitrogens is 2. The highest BCUT2D eigenvalue weighted by atomic mass is 16.2. The summed E-state index contributed by atoms with van der Waals surface area (Å²) in [7, 11) is 0. The number of piperidine rings is 2. The molecule has 0 aromatic rings. The molecule has 4 rings (SSSR count). The zero-order valence-electron chi connectivity index (χ0n) is 23.6. The standard InChI is InChI=1S/C30H52N4O3/c1-3-33-17-5-7-25(20-33)30(37)31-26-15-13-23(14-16-26)28(35)19-22-9-11-24(12-10-22)29(36)32-27-8-6-18-34(4-2)21-27/h22-27H,3-21H2,1-2H3,(H,31,37)(H,32,36)/p+2. The number of amides is 2. The third-order valence-corrected chi connectivity index (χ3v) is 10.2. The summed E-state index contributed by atoms with van der Waals surface area (Å²) in [4.78, 5) is 41.9. The van der Waals surface area contributed by atoms with Gasteiger partial charge in [-0.05, 0) is 96.8 Å². The van der Waals surface area contributed by atoms with Crippen molar-refractivity contribution >= 4 is 17.6 Å². The second kappa shape index (κ2) is 14.1. The highest BCUT2D eigenvalue weighted by molar-refractivity contribution is 5.82. The number of likely N-dealkylation sites (tertiary alicyclic amines) is 2. The number of carbonyl (C=O) groups is 3. The van der Waals surface area contributed by atoms with Gasteiger partial charge in [-0.2, -0.15) is 0 Å². The molecule has 2 aliphatic heterocycles. The van der Waals surface area contributed by atoms with Crippen molar-refractivity contribution in [2.24, 2.45) is 23.7 Å². The van der Waals surface area contributed by atoms with E-state index in [2.05, 4.69) is 24.5 Å². The second-order valence-corrected chi connectivity index (χ2v) is 12.7. The van der Waals surface area contributed by atoms with Gasteiger partial charge in [-0.1, -0.05) is 0 Å². The van der Waals surface area contributed by atoms with Crippen LogP contribution in [0.25, 0.3) is 0 Å². The Balaban J connectivity index is 1.11. The Morgan fingerprint density at radius 2 is 1.19 bits per heavy atom. The van der Waals surface area contributed by atoms with Crippen LogP contribution in [0, 0.1) is 23.7 Å². The molecule has 2 amide bonds. The van der Waals surface area contributed by atoms with Crippen LogP contribution < -0.4 is 20.4 Å². The smallest absolute Gasteiger partial charge is 0.229 e. The zero-order chi connectivity index (χ0) is 26.2. The lowest BCUT2D eigenvalue weighted by Crippen LogP contribution is -3.14. The van der Waals surface area contributed by atoms with Crippen molar-refractivity contribution in [3.05, 3.63) is 0 Å². The number of likely N-dealkylation sites (N-methyl/N-ethyl adjacent to an activating group) is 1. The van der Waals surface area contributed by atoms with E-state index in [9.17, 15) is 14.4 Å². The molecule has 0 spiro atoms. The van der Waals surface area contributed by atoms with E-state index in [1.165, 1.54) is 19.5 Å². The molecule has 2 saturated carbocycles. The Bertz CT molecular complexity index is 758. The van der Waals surface area contributed by atoms with Crippen LogP contribution in [0.4, 0.5) is 0 Å². The number of hydrogen-bond donors (Lipinski definition) is 4. The lowest BCUT2D eigenvalue weighted by molar-refractivity contribution is -0.905. The molecule has 2 saturated heterocycles. The SMILES string of the molecule is CC[NH+]1CCCC(NC(=O)C2CCC(CC(=O)C3CCC(NC(=O)C4CCC[NH+](CC)C4)CC3)CC2)C1. The fourth-order valence-electron chi connectivity index (χ4n) is 7.57. The predicted octanol–water partition coefficient (Wildman–Crippen LogP) is 0.925. The first-order valence-electron chi connectivity index (χ1n) is 15.8. The van der Waals surface area contributed by atoms with Gasteiger partial charge in [-0.25, -0.2) is 0 Å². The highest BCUT2D eigenvalue weighted by Gasteiger charge is 2.34. The van der Waals surface area contributed by atoms with E-state index in [-0.39, 0.29) is 35.6 Å². The van der Waals surface area contributed by atoms with Gasteiger partial charge in [-0.3, -0.25) is 14.4 Å². The Kier molecular flexibility index (Phi) is 10.9. The Hall–Kier alpha value is -1.47. The number of ketones is 1. The van der Waals surface area contributed by atoms with Crippen LogP contribution in [0.1, 0.15) is 97.3 Å². The zero-order valence-corrected chi connectivity index (χ0v) is 23.6. The topological polar surface area (TPSA) is 84.2 Å². The molecule has 4 unspecified atom stereocenters. The average Bonchev–Trinajstić information content (AvgIpc) is 2.94. The molecule has 4 N–H and O–H groups in total.